The van der Waals surface area contributed by atoms with Crippen LogP contribution in [0, 0.1) is 0 Å². The first-order chi connectivity index (χ1) is 11.0. The van der Waals surface area contributed by atoms with Crippen LogP contribution in [0.3, 0.4) is 0 Å². The maximum Gasteiger partial charge on any atom is 0.344 e. The van der Waals surface area contributed by atoms with E-state index in [9.17, 15) is 4.79 Å². The van der Waals surface area contributed by atoms with E-state index >= 15 is 0 Å². The van der Waals surface area contributed by atoms with Gasteiger partial charge in [0, 0.05) is 22.0 Å². The van der Waals surface area contributed by atoms with E-state index in [4.69, 9.17) is 26.2 Å². The van der Waals surface area contributed by atoms with Gasteiger partial charge in [-0.3, -0.25) is 0 Å². The highest BCUT2D eigenvalue weighted by atomic mass is 35.5. The summed E-state index contributed by atoms with van der Waals surface area (Å²) in [5.41, 5.74) is 0.891. The van der Waals surface area contributed by atoms with E-state index in [1.807, 2.05) is 24.3 Å². The van der Waals surface area contributed by atoms with Crippen molar-refractivity contribution < 1.29 is 19.4 Å². The van der Waals surface area contributed by atoms with Crippen molar-refractivity contribution in [1.29, 1.82) is 0 Å². The molecule has 23 heavy (non-hydrogen) atoms. The van der Waals surface area contributed by atoms with Gasteiger partial charge in [0.1, 0.15) is 11.5 Å². The van der Waals surface area contributed by atoms with Gasteiger partial charge in [-0.05, 0) is 43.3 Å². The van der Waals surface area contributed by atoms with E-state index in [0.29, 0.717) is 22.4 Å². The molecule has 1 atom stereocenters. The summed E-state index contributed by atoms with van der Waals surface area (Å²) < 4.78 is 11.0. The fourth-order valence-corrected chi connectivity index (χ4v) is 2.27. The van der Waals surface area contributed by atoms with E-state index in [-0.39, 0.29) is 0 Å². The number of carbonyl (C=O) groups is 1. The average molecular weight is 332 g/mol. The van der Waals surface area contributed by atoms with Crippen LogP contribution in [0.4, 0.5) is 0 Å². The quantitative estimate of drug-likeness (QED) is 0.723. The molecule has 118 valence electrons. The molecule has 0 bridgehead atoms. The lowest BCUT2D eigenvalue weighted by Crippen LogP contribution is -2.22. The number of aliphatic carboxylic acids is 1. The Hall–Kier alpha value is -2.66. The van der Waals surface area contributed by atoms with Gasteiger partial charge in [-0.25, -0.2) is 4.79 Å². The summed E-state index contributed by atoms with van der Waals surface area (Å²) in [5.74, 6) is 0.658. The standard InChI is InChI=1S/C17H14ClNO4/c1-10(17(20)21)22-13-4-6-14(7-5-13)23-16-8-11-2-3-12(18)9-15(11)19-16/h2-10,19H,1H3,(H,20,21). The molecule has 3 rings (SSSR count). The third-order valence-electron chi connectivity index (χ3n) is 3.27. The van der Waals surface area contributed by atoms with Crippen molar-refractivity contribution in [1.82, 2.24) is 4.98 Å². The number of ether oxygens (including phenoxy) is 2. The van der Waals surface area contributed by atoms with Crippen LogP contribution in [0.1, 0.15) is 6.92 Å². The number of fused-ring (bicyclic) bond motifs is 1. The monoisotopic (exact) mass is 331 g/mol. The number of rotatable bonds is 5. The van der Waals surface area contributed by atoms with Crippen molar-refractivity contribution in [3.05, 3.63) is 53.6 Å². The topological polar surface area (TPSA) is 71.5 Å². The minimum absolute atomic E-state index is 0.468. The molecule has 5 nitrogen and oxygen atoms in total. The molecule has 0 aliphatic rings. The molecule has 0 saturated carbocycles. The minimum Gasteiger partial charge on any atom is -0.479 e. The zero-order valence-corrected chi connectivity index (χ0v) is 13.0. The van der Waals surface area contributed by atoms with Crippen LogP contribution in [0.2, 0.25) is 5.02 Å². The third kappa shape index (κ3) is 3.57. The number of H-pyrrole nitrogens is 1. The van der Waals surface area contributed by atoms with Gasteiger partial charge in [0.2, 0.25) is 0 Å². The number of hydrogen-bond donors (Lipinski definition) is 2. The summed E-state index contributed by atoms with van der Waals surface area (Å²) in [5, 5.41) is 10.5. The molecule has 3 aromatic rings. The lowest BCUT2D eigenvalue weighted by Gasteiger charge is -2.10. The largest absolute Gasteiger partial charge is 0.479 e. The molecule has 0 amide bonds. The second-order valence-corrected chi connectivity index (χ2v) is 5.47. The highest BCUT2D eigenvalue weighted by Gasteiger charge is 2.12. The van der Waals surface area contributed by atoms with Crippen molar-refractivity contribution in [2.24, 2.45) is 0 Å². The molecular weight excluding hydrogens is 318 g/mol. The first-order valence-corrected chi connectivity index (χ1v) is 7.35. The molecule has 2 aromatic carbocycles. The second-order valence-electron chi connectivity index (χ2n) is 5.04. The summed E-state index contributed by atoms with van der Waals surface area (Å²) in [6.45, 7) is 1.47. The highest BCUT2D eigenvalue weighted by molar-refractivity contribution is 6.31. The summed E-state index contributed by atoms with van der Waals surface area (Å²) in [4.78, 5) is 13.9. The van der Waals surface area contributed by atoms with Crippen LogP contribution >= 0.6 is 11.6 Å². The van der Waals surface area contributed by atoms with E-state index in [1.165, 1.54) is 6.92 Å². The molecule has 2 N–H and O–H groups in total. The molecule has 0 saturated heterocycles. The van der Waals surface area contributed by atoms with Gasteiger partial charge in [-0.1, -0.05) is 17.7 Å². The summed E-state index contributed by atoms with van der Waals surface area (Å²) in [7, 11) is 0. The van der Waals surface area contributed by atoms with Crippen LogP contribution in [0.25, 0.3) is 10.9 Å². The lowest BCUT2D eigenvalue weighted by atomic mass is 10.2. The van der Waals surface area contributed by atoms with E-state index in [0.717, 1.165) is 10.9 Å². The van der Waals surface area contributed by atoms with Crippen LogP contribution in [0.15, 0.2) is 48.5 Å². The minimum atomic E-state index is -1.01. The molecule has 0 fully saturated rings. The molecular formula is C17H14ClNO4. The molecule has 1 aromatic heterocycles. The Balaban J connectivity index is 1.73. The second kappa shape index (κ2) is 6.22. The smallest absolute Gasteiger partial charge is 0.344 e. The zero-order chi connectivity index (χ0) is 16.4. The molecule has 6 heteroatoms. The molecule has 1 heterocycles. The highest BCUT2D eigenvalue weighted by Crippen LogP contribution is 2.28. The predicted octanol–water partition coefficient (Wildman–Crippen LogP) is 4.47. The third-order valence-corrected chi connectivity index (χ3v) is 3.51. The fraction of sp³-hybridized carbons (Fsp3) is 0.118. The molecule has 1 unspecified atom stereocenters. The normalized spacial score (nSPS) is 12.1. The Bertz CT molecular complexity index is 841. The Morgan fingerprint density at radius 1 is 1.13 bits per heavy atom. The van der Waals surface area contributed by atoms with Gasteiger partial charge in [-0.2, -0.15) is 0 Å². The van der Waals surface area contributed by atoms with Crippen LogP contribution < -0.4 is 9.47 Å². The number of benzene rings is 2. The van der Waals surface area contributed by atoms with Gasteiger partial charge >= 0.3 is 5.97 Å². The molecule has 0 radical (unpaired) electrons. The average Bonchev–Trinajstić information content (AvgIpc) is 2.90. The zero-order valence-electron chi connectivity index (χ0n) is 12.2. The lowest BCUT2D eigenvalue weighted by molar-refractivity contribution is -0.144. The number of halogens is 1. The maximum atomic E-state index is 10.8. The number of nitrogens with one attached hydrogen (secondary N) is 1. The van der Waals surface area contributed by atoms with E-state index in [1.54, 1.807) is 24.3 Å². The Kier molecular flexibility index (Phi) is 4.12. The van der Waals surface area contributed by atoms with Gasteiger partial charge in [0.05, 0.1) is 0 Å². The number of aromatic nitrogens is 1. The van der Waals surface area contributed by atoms with Crippen LogP contribution in [0.5, 0.6) is 17.4 Å². The van der Waals surface area contributed by atoms with Crippen LogP contribution in [-0.4, -0.2) is 22.2 Å². The maximum absolute atomic E-state index is 10.8. The van der Waals surface area contributed by atoms with Gasteiger partial charge < -0.3 is 19.6 Å². The summed E-state index contributed by atoms with van der Waals surface area (Å²) in [6.07, 6.45) is -0.903. The molecule has 0 spiro atoms. The molecule has 0 aliphatic carbocycles. The Labute approximate surface area is 137 Å². The number of carboxylic acids is 1. The van der Waals surface area contributed by atoms with E-state index < -0.39 is 12.1 Å². The van der Waals surface area contributed by atoms with Crippen molar-refractivity contribution in [2.75, 3.05) is 0 Å². The van der Waals surface area contributed by atoms with Crippen molar-refractivity contribution in [2.45, 2.75) is 13.0 Å². The number of hydrogen-bond acceptors (Lipinski definition) is 3. The first-order valence-electron chi connectivity index (χ1n) is 6.97. The predicted molar refractivity (Wildman–Crippen MR) is 87.6 cm³/mol. The van der Waals surface area contributed by atoms with Crippen molar-refractivity contribution in [3.63, 3.8) is 0 Å². The van der Waals surface area contributed by atoms with E-state index in [2.05, 4.69) is 4.98 Å². The summed E-state index contributed by atoms with van der Waals surface area (Å²) >= 11 is 5.95. The van der Waals surface area contributed by atoms with Gasteiger partial charge in [0.15, 0.2) is 12.0 Å². The van der Waals surface area contributed by atoms with Crippen molar-refractivity contribution in [3.8, 4) is 17.4 Å². The summed E-state index contributed by atoms with van der Waals surface area (Å²) in [6, 6.07) is 14.2. The van der Waals surface area contributed by atoms with Crippen molar-refractivity contribution >= 4 is 28.5 Å². The Morgan fingerprint density at radius 2 is 1.83 bits per heavy atom. The Morgan fingerprint density at radius 3 is 2.52 bits per heavy atom. The number of carboxylic acid groups (broad SMARTS) is 1. The SMILES string of the molecule is CC(Oc1ccc(Oc2cc3ccc(Cl)cc3[nH]2)cc1)C(=O)O. The molecule has 0 aliphatic heterocycles. The van der Waals surface area contributed by atoms with Crippen LogP contribution in [-0.2, 0) is 4.79 Å². The number of aromatic amines is 1. The fourth-order valence-electron chi connectivity index (χ4n) is 2.10. The first kappa shape index (κ1) is 15.2. The van der Waals surface area contributed by atoms with Gasteiger partial charge in [0.25, 0.3) is 0 Å². The van der Waals surface area contributed by atoms with Gasteiger partial charge in [-0.15, -0.1) is 0 Å².